The van der Waals surface area contributed by atoms with Crippen molar-refractivity contribution in [1.29, 1.82) is 0 Å². The Hall–Kier alpha value is -1.10. The summed E-state index contributed by atoms with van der Waals surface area (Å²) in [5.41, 5.74) is -0.613. The zero-order valence-electron chi connectivity index (χ0n) is 9.23. The number of aliphatic carboxylic acids is 1. The number of amides is 1. The molecule has 86 valence electrons. The molecule has 1 fully saturated rings. The number of rotatable bonds is 1. The molecule has 0 radical (unpaired) electrons. The fourth-order valence-corrected chi connectivity index (χ4v) is 1.73. The zero-order valence-corrected chi connectivity index (χ0v) is 9.23. The number of hydrogen-bond donors (Lipinski definition) is 2. The van der Waals surface area contributed by atoms with E-state index in [1.807, 2.05) is 0 Å². The standard InChI is InChI=1S/C10H17NO4/c1-10(2,3)9(15)11-5-4-6(12)7(11)8(13)14/h6-7,12H,4-5H2,1-3H3,(H,13,14)/t6-,7-/m0/s1. The van der Waals surface area contributed by atoms with E-state index in [0.717, 1.165) is 0 Å². The van der Waals surface area contributed by atoms with Crippen LogP contribution in [-0.4, -0.2) is 45.7 Å². The normalized spacial score (nSPS) is 26.8. The molecule has 0 saturated carbocycles. The first-order valence-electron chi connectivity index (χ1n) is 4.97. The van der Waals surface area contributed by atoms with Crippen LogP contribution in [0.3, 0.4) is 0 Å². The molecule has 0 bridgehead atoms. The quantitative estimate of drug-likeness (QED) is 0.649. The number of carbonyl (C=O) groups is 2. The molecule has 0 spiro atoms. The van der Waals surface area contributed by atoms with Crippen molar-refractivity contribution in [3.63, 3.8) is 0 Å². The first kappa shape index (κ1) is 12.0. The molecule has 2 N–H and O–H groups in total. The van der Waals surface area contributed by atoms with Crippen LogP contribution in [0, 0.1) is 5.41 Å². The molecule has 1 rings (SSSR count). The minimum Gasteiger partial charge on any atom is -0.480 e. The molecule has 2 atom stereocenters. The van der Waals surface area contributed by atoms with E-state index >= 15 is 0 Å². The van der Waals surface area contributed by atoms with Crippen molar-refractivity contribution in [2.45, 2.75) is 39.3 Å². The maximum Gasteiger partial charge on any atom is 0.329 e. The first-order chi connectivity index (χ1) is 6.75. The second-order valence-corrected chi connectivity index (χ2v) is 4.89. The Bertz CT molecular complexity index is 282. The lowest BCUT2D eigenvalue weighted by atomic mass is 9.94. The highest BCUT2D eigenvalue weighted by Gasteiger charge is 2.43. The van der Waals surface area contributed by atoms with Crippen molar-refractivity contribution in [3.8, 4) is 0 Å². The number of carboxylic acid groups (broad SMARTS) is 1. The van der Waals surface area contributed by atoms with Gasteiger partial charge in [-0.15, -0.1) is 0 Å². The minimum atomic E-state index is -1.14. The van der Waals surface area contributed by atoms with E-state index in [1.54, 1.807) is 20.8 Å². The SMILES string of the molecule is CC(C)(C)C(=O)N1CC[C@H](O)[C@H]1C(=O)O. The van der Waals surface area contributed by atoms with Gasteiger partial charge in [-0.05, 0) is 6.42 Å². The van der Waals surface area contributed by atoms with Gasteiger partial charge in [-0.2, -0.15) is 0 Å². The monoisotopic (exact) mass is 215 g/mol. The van der Waals surface area contributed by atoms with Crippen molar-refractivity contribution in [2.24, 2.45) is 5.41 Å². The number of aliphatic hydroxyl groups excluding tert-OH is 1. The highest BCUT2D eigenvalue weighted by molar-refractivity contribution is 5.87. The van der Waals surface area contributed by atoms with Crippen LogP contribution in [-0.2, 0) is 9.59 Å². The number of likely N-dealkylation sites (tertiary alicyclic amines) is 1. The van der Waals surface area contributed by atoms with Crippen LogP contribution in [0.1, 0.15) is 27.2 Å². The molecular weight excluding hydrogens is 198 g/mol. The van der Waals surface area contributed by atoms with Gasteiger partial charge in [-0.3, -0.25) is 4.79 Å². The molecule has 1 saturated heterocycles. The van der Waals surface area contributed by atoms with Crippen LogP contribution in [0.4, 0.5) is 0 Å². The zero-order chi connectivity index (χ0) is 11.8. The van der Waals surface area contributed by atoms with Crippen molar-refractivity contribution < 1.29 is 19.8 Å². The summed E-state index contributed by atoms with van der Waals surface area (Å²) < 4.78 is 0. The summed E-state index contributed by atoms with van der Waals surface area (Å²) in [5.74, 6) is -1.37. The summed E-state index contributed by atoms with van der Waals surface area (Å²) in [6, 6.07) is -1.09. The van der Waals surface area contributed by atoms with Crippen molar-refractivity contribution >= 4 is 11.9 Å². The van der Waals surface area contributed by atoms with Gasteiger partial charge in [-0.25, -0.2) is 4.79 Å². The molecule has 0 aromatic rings. The van der Waals surface area contributed by atoms with Crippen molar-refractivity contribution in [3.05, 3.63) is 0 Å². The van der Waals surface area contributed by atoms with E-state index in [4.69, 9.17) is 5.11 Å². The average molecular weight is 215 g/mol. The highest BCUT2D eigenvalue weighted by atomic mass is 16.4. The summed E-state index contributed by atoms with van der Waals surface area (Å²) in [4.78, 5) is 24.0. The fraction of sp³-hybridized carbons (Fsp3) is 0.800. The largest absolute Gasteiger partial charge is 0.480 e. The van der Waals surface area contributed by atoms with E-state index in [2.05, 4.69) is 0 Å². The Labute approximate surface area is 88.7 Å². The maximum atomic E-state index is 11.9. The Morgan fingerprint density at radius 3 is 2.27 bits per heavy atom. The third-order valence-electron chi connectivity index (χ3n) is 2.52. The van der Waals surface area contributed by atoms with Crippen LogP contribution in [0.5, 0.6) is 0 Å². The number of hydrogen-bond acceptors (Lipinski definition) is 3. The molecular formula is C10H17NO4. The first-order valence-corrected chi connectivity index (χ1v) is 4.97. The summed E-state index contributed by atoms with van der Waals surface area (Å²) in [6.07, 6.45) is -0.618. The molecule has 0 aromatic carbocycles. The molecule has 15 heavy (non-hydrogen) atoms. The van der Waals surface area contributed by atoms with E-state index < -0.39 is 23.5 Å². The van der Waals surface area contributed by atoms with E-state index in [9.17, 15) is 14.7 Å². The highest BCUT2D eigenvalue weighted by Crippen LogP contribution is 2.25. The second kappa shape index (κ2) is 3.81. The van der Waals surface area contributed by atoms with Crippen LogP contribution in [0.25, 0.3) is 0 Å². The molecule has 1 heterocycles. The Morgan fingerprint density at radius 1 is 1.33 bits per heavy atom. The van der Waals surface area contributed by atoms with Crippen LogP contribution in [0.2, 0.25) is 0 Å². The van der Waals surface area contributed by atoms with E-state index in [-0.39, 0.29) is 5.91 Å². The smallest absolute Gasteiger partial charge is 0.329 e. The summed E-state index contributed by atoms with van der Waals surface area (Å²) >= 11 is 0. The predicted octanol–water partition coefficient (Wildman–Crippen LogP) is 0.0789. The van der Waals surface area contributed by atoms with Crippen LogP contribution < -0.4 is 0 Å². The lowest BCUT2D eigenvalue weighted by molar-refractivity contribution is -0.154. The van der Waals surface area contributed by atoms with Gasteiger partial charge in [0.1, 0.15) is 0 Å². The topological polar surface area (TPSA) is 77.8 Å². The van der Waals surface area contributed by atoms with Gasteiger partial charge in [0.2, 0.25) is 5.91 Å². The summed E-state index contributed by atoms with van der Waals surface area (Å²) in [5, 5.41) is 18.4. The molecule has 5 nitrogen and oxygen atoms in total. The van der Waals surface area contributed by atoms with Gasteiger partial charge in [0, 0.05) is 12.0 Å². The number of nitrogens with zero attached hydrogens (tertiary/aromatic N) is 1. The molecule has 5 heteroatoms. The third-order valence-corrected chi connectivity index (χ3v) is 2.52. The van der Waals surface area contributed by atoms with Crippen molar-refractivity contribution in [2.75, 3.05) is 6.54 Å². The van der Waals surface area contributed by atoms with E-state index in [0.29, 0.717) is 13.0 Å². The van der Waals surface area contributed by atoms with Gasteiger partial charge in [-0.1, -0.05) is 20.8 Å². The Morgan fingerprint density at radius 2 is 1.87 bits per heavy atom. The number of aliphatic hydroxyl groups is 1. The molecule has 0 unspecified atom stereocenters. The lowest BCUT2D eigenvalue weighted by Gasteiger charge is -2.29. The lowest BCUT2D eigenvalue weighted by Crippen LogP contribution is -2.48. The molecule has 1 aliphatic rings. The predicted molar refractivity (Wildman–Crippen MR) is 53.2 cm³/mol. The maximum absolute atomic E-state index is 11.9. The third kappa shape index (κ3) is 2.28. The van der Waals surface area contributed by atoms with E-state index in [1.165, 1.54) is 4.90 Å². The Balaban J connectivity index is 2.87. The summed E-state index contributed by atoms with van der Waals surface area (Å²) in [6.45, 7) is 5.52. The van der Waals surface area contributed by atoms with Crippen LogP contribution >= 0.6 is 0 Å². The Kier molecular flexibility index (Phi) is 3.04. The van der Waals surface area contributed by atoms with Gasteiger partial charge in [0.25, 0.3) is 0 Å². The molecule has 0 aromatic heterocycles. The number of carboxylic acids is 1. The van der Waals surface area contributed by atoms with Gasteiger partial charge < -0.3 is 15.1 Å². The molecule has 1 aliphatic heterocycles. The number of carbonyl (C=O) groups excluding carboxylic acids is 1. The molecule has 0 aliphatic carbocycles. The van der Waals surface area contributed by atoms with Gasteiger partial charge in [0.15, 0.2) is 6.04 Å². The summed E-state index contributed by atoms with van der Waals surface area (Å²) in [7, 11) is 0. The minimum absolute atomic E-state index is 0.230. The molecule has 1 amide bonds. The fourth-order valence-electron chi connectivity index (χ4n) is 1.73. The van der Waals surface area contributed by atoms with Gasteiger partial charge >= 0.3 is 5.97 Å². The second-order valence-electron chi connectivity index (χ2n) is 4.89. The van der Waals surface area contributed by atoms with Crippen LogP contribution in [0.15, 0.2) is 0 Å². The van der Waals surface area contributed by atoms with Crippen molar-refractivity contribution in [1.82, 2.24) is 4.90 Å². The average Bonchev–Trinajstić information content (AvgIpc) is 2.43. The van der Waals surface area contributed by atoms with Gasteiger partial charge in [0.05, 0.1) is 6.10 Å².